The van der Waals surface area contributed by atoms with Gasteiger partial charge in [-0.25, -0.2) is 4.98 Å². The van der Waals surface area contributed by atoms with Crippen molar-refractivity contribution in [2.75, 3.05) is 13.1 Å². The maximum atomic E-state index is 4.66. The van der Waals surface area contributed by atoms with Gasteiger partial charge in [0.2, 0.25) is 0 Å². The SMILES string of the molecule is CCNC(=NCCCCc1nc(C)cs1)NC1CC=CC1. The molecule has 1 aromatic rings. The lowest BCUT2D eigenvalue weighted by molar-refractivity contribution is 0.630. The molecule has 0 atom stereocenters. The van der Waals surface area contributed by atoms with E-state index in [4.69, 9.17) is 0 Å². The number of unbranched alkanes of at least 4 members (excludes halogenated alkanes) is 1. The zero-order valence-corrected chi connectivity index (χ0v) is 13.9. The average molecular weight is 306 g/mol. The number of nitrogens with one attached hydrogen (secondary N) is 2. The van der Waals surface area contributed by atoms with Crippen molar-refractivity contribution >= 4 is 17.3 Å². The second-order valence-corrected chi connectivity index (χ2v) is 6.33. The van der Waals surface area contributed by atoms with Crippen molar-refractivity contribution in [1.82, 2.24) is 15.6 Å². The minimum absolute atomic E-state index is 0.515. The summed E-state index contributed by atoms with van der Waals surface area (Å²) in [5, 5.41) is 10.2. The van der Waals surface area contributed by atoms with Crippen LogP contribution in [0.15, 0.2) is 22.5 Å². The molecule has 0 saturated heterocycles. The zero-order valence-electron chi connectivity index (χ0n) is 13.1. The molecule has 4 nitrogen and oxygen atoms in total. The van der Waals surface area contributed by atoms with Crippen molar-refractivity contribution in [3.63, 3.8) is 0 Å². The Morgan fingerprint density at radius 1 is 1.38 bits per heavy atom. The van der Waals surface area contributed by atoms with Gasteiger partial charge in [-0.2, -0.15) is 0 Å². The van der Waals surface area contributed by atoms with Crippen LogP contribution in [0.2, 0.25) is 0 Å². The van der Waals surface area contributed by atoms with Gasteiger partial charge in [0.1, 0.15) is 0 Å². The molecule has 0 radical (unpaired) electrons. The first-order valence-electron chi connectivity index (χ1n) is 7.88. The molecule has 2 rings (SSSR count). The van der Waals surface area contributed by atoms with Crippen molar-refractivity contribution in [2.24, 2.45) is 4.99 Å². The monoisotopic (exact) mass is 306 g/mol. The van der Waals surface area contributed by atoms with E-state index < -0.39 is 0 Å². The lowest BCUT2D eigenvalue weighted by Crippen LogP contribution is -2.42. The summed E-state index contributed by atoms with van der Waals surface area (Å²) < 4.78 is 0. The number of thiazole rings is 1. The molecule has 0 amide bonds. The van der Waals surface area contributed by atoms with Gasteiger partial charge in [0.25, 0.3) is 0 Å². The summed E-state index contributed by atoms with van der Waals surface area (Å²) in [5.74, 6) is 0.955. The molecule has 0 spiro atoms. The van der Waals surface area contributed by atoms with Crippen molar-refractivity contribution < 1.29 is 0 Å². The zero-order chi connectivity index (χ0) is 14.9. The fourth-order valence-corrected chi connectivity index (χ4v) is 3.16. The molecule has 116 valence electrons. The van der Waals surface area contributed by atoms with Gasteiger partial charge in [-0.1, -0.05) is 12.2 Å². The number of hydrogen-bond donors (Lipinski definition) is 2. The molecular formula is C16H26N4S. The minimum Gasteiger partial charge on any atom is -0.357 e. The predicted molar refractivity (Wildman–Crippen MR) is 91.1 cm³/mol. The molecule has 1 aliphatic rings. The molecule has 1 heterocycles. The highest BCUT2D eigenvalue weighted by atomic mass is 32.1. The second kappa shape index (κ2) is 8.82. The van der Waals surface area contributed by atoms with Crippen LogP contribution in [-0.2, 0) is 6.42 Å². The summed E-state index contributed by atoms with van der Waals surface area (Å²) in [7, 11) is 0. The molecular weight excluding hydrogens is 280 g/mol. The molecule has 5 heteroatoms. The molecule has 0 bridgehead atoms. The highest BCUT2D eigenvalue weighted by Gasteiger charge is 2.11. The Labute approximate surface area is 131 Å². The lowest BCUT2D eigenvalue weighted by atomic mass is 10.2. The summed E-state index contributed by atoms with van der Waals surface area (Å²) in [6.45, 7) is 5.94. The molecule has 0 aliphatic heterocycles. The third-order valence-electron chi connectivity index (χ3n) is 3.43. The van der Waals surface area contributed by atoms with Gasteiger partial charge in [0, 0.05) is 30.2 Å². The van der Waals surface area contributed by atoms with Crippen molar-refractivity contribution in [1.29, 1.82) is 0 Å². The van der Waals surface area contributed by atoms with Crippen LogP contribution in [-0.4, -0.2) is 30.1 Å². The Morgan fingerprint density at radius 2 is 2.19 bits per heavy atom. The number of aliphatic imine (C=N–C) groups is 1. The molecule has 1 aromatic heterocycles. The van der Waals surface area contributed by atoms with E-state index in [2.05, 4.69) is 52.0 Å². The number of aromatic nitrogens is 1. The van der Waals surface area contributed by atoms with Crippen LogP contribution in [0.25, 0.3) is 0 Å². The number of hydrogen-bond acceptors (Lipinski definition) is 3. The van der Waals surface area contributed by atoms with E-state index in [0.717, 1.165) is 56.8 Å². The fraction of sp³-hybridized carbons (Fsp3) is 0.625. The Balaban J connectivity index is 1.66. The first-order valence-corrected chi connectivity index (χ1v) is 8.76. The molecule has 0 fully saturated rings. The van der Waals surface area contributed by atoms with E-state index in [-0.39, 0.29) is 0 Å². The molecule has 0 unspecified atom stereocenters. The molecule has 0 saturated carbocycles. The summed E-state index contributed by atoms with van der Waals surface area (Å²) in [5.41, 5.74) is 1.14. The van der Waals surface area contributed by atoms with E-state index >= 15 is 0 Å². The van der Waals surface area contributed by atoms with E-state index in [1.165, 1.54) is 5.01 Å². The van der Waals surface area contributed by atoms with Gasteiger partial charge in [0.05, 0.1) is 5.01 Å². The van der Waals surface area contributed by atoms with Gasteiger partial charge >= 0.3 is 0 Å². The van der Waals surface area contributed by atoms with Gasteiger partial charge < -0.3 is 10.6 Å². The van der Waals surface area contributed by atoms with Gasteiger partial charge in [-0.3, -0.25) is 4.99 Å². The van der Waals surface area contributed by atoms with Gasteiger partial charge in [0.15, 0.2) is 5.96 Å². The normalized spacial score (nSPS) is 15.6. The Morgan fingerprint density at radius 3 is 2.86 bits per heavy atom. The largest absolute Gasteiger partial charge is 0.357 e. The third-order valence-corrected chi connectivity index (χ3v) is 4.45. The maximum Gasteiger partial charge on any atom is 0.191 e. The third kappa shape index (κ3) is 5.87. The Kier molecular flexibility index (Phi) is 6.73. The van der Waals surface area contributed by atoms with Crippen LogP contribution in [0.3, 0.4) is 0 Å². The topological polar surface area (TPSA) is 49.3 Å². The lowest BCUT2D eigenvalue weighted by Gasteiger charge is -2.16. The Hall–Kier alpha value is -1.36. The van der Waals surface area contributed by atoms with E-state index in [1.807, 2.05) is 0 Å². The van der Waals surface area contributed by atoms with Gasteiger partial charge in [-0.15, -0.1) is 11.3 Å². The van der Waals surface area contributed by atoms with Crippen LogP contribution in [0.4, 0.5) is 0 Å². The van der Waals surface area contributed by atoms with E-state index in [1.54, 1.807) is 11.3 Å². The highest BCUT2D eigenvalue weighted by Crippen LogP contribution is 2.12. The molecule has 0 aromatic carbocycles. The summed E-state index contributed by atoms with van der Waals surface area (Å²) in [4.78, 5) is 9.16. The quantitative estimate of drug-likeness (QED) is 0.352. The maximum absolute atomic E-state index is 4.66. The molecule has 21 heavy (non-hydrogen) atoms. The van der Waals surface area contributed by atoms with E-state index in [9.17, 15) is 0 Å². The minimum atomic E-state index is 0.515. The summed E-state index contributed by atoms with van der Waals surface area (Å²) in [6, 6.07) is 0.515. The average Bonchev–Trinajstić information content (AvgIpc) is 3.10. The number of guanidine groups is 1. The standard InChI is InChI=1S/C16H26N4S/c1-3-17-16(20-14-8-4-5-9-14)18-11-7-6-10-15-19-13(2)12-21-15/h4-5,12,14H,3,6-11H2,1-2H3,(H2,17,18,20). The predicted octanol–water partition coefficient (Wildman–Crippen LogP) is 3.05. The first kappa shape index (κ1) is 16.0. The fourth-order valence-electron chi connectivity index (χ4n) is 2.34. The highest BCUT2D eigenvalue weighted by molar-refractivity contribution is 7.09. The van der Waals surface area contributed by atoms with Crippen LogP contribution in [0.5, 0.6) is 0 Å². The second-order valence-electron chi connectivity index (χ2n) is 5.38. The number of rotatable bonds is 7. The molecule has 1 aliphatic carbocycles. The number of aryl methyl sites for hydroxylation is 2. The van der Waals surface area contributed by atoms with Crippen LogP contribution < -0.4 is 10.6 Å². The van der Waals surface area contributed by atoms with Crippen molar-refractivity contribution in [3.05, 3.63) is 28.2 Å². The van der Waals surface area contributed by atoms with Gasteiger partial charge in [-0.05, 0) is 46.0 Å². The van der Waals surface area contributed by atoms with Crippen LogP contribution in [0.1, 0.15) is 43.3 Å². The molecule has 2 N–H and O–H groups in total. The van der Waals surface area contributed by atoms with Crippen LogP contribution in [0, 0.1) is 6.92 Å². The number of nitrogens with zero attached hydrogens (tertiary/aromatic N) is 2. The Bertz CT molecular complexity index is 470. The van der Waals surface area contributed by atoms with E-state index in [0.29, 0.717) is 6.04 Å². The van der Waals surface area contributed by atoms with Crippen molar-refractivity contribution in [2.45, 2.75) is 52.0 Å². The first-order chi connectivity index (χ1) is 10.3. The summed E-state index contributed by atoms with van der Waals surface area (Å²) in [6.07, 6.45) is 10.0. The smallest absolute Gasteiger partial charge is 0.191 e. The van der Waals surface area contributed by atoms with Crippen LogP contribution >= 0.6 is 11.3 Å². The summed E-state index contributed by atoms with van der Waals surface area (Å²) >= 11 is 1.76. The van der Waals surface area contributed by atoms with Crippen molar-refractivity contribution in [3.8, 4) is 0 Å².